The minimum absolute atomic E-state index is 0.214. The molecule has 1 fully saturated rings. The van der Waals surface area contributed by atoms with E-state index in [2.05, 4.69) is 10.4 Å². The molecule has 1 amide bonds. The number of hydrogen-bond donors (Lipinski definition) is 1. The summed E-state index contributed by atoms with van der Waals surface area (Å²) in [6.45, 7) is 7.47. The zero-order valence-electron chi connectivity index (χ0n) is 17.4. The Hall–Kier alpha value is -2.19. The van der Waals surface area contributed by atoms with Crippen LogP contribution in [0.25, 0.3) is 0 Å². The third kappa shape index (κ3) is 5.05. The Morgan fingerprint density at radius 3 is 2.55 bits per heavy atom. The summed E-state index contributed by atoms with van der Waals surface area (Å²) in [6.07, 6.45) is 2.91. The van der Waals surface area contributed by atoms with Gasteiger partial charge in [-0.05, 0) is 58.2 Å². The number of carbonyl (C=O) groups excluding carboxylic acids is 1. The van der Waals surface area contributed by atoms with Gasteiger partial charge in [0, 0.05) is 25.3 Å². The van der Waals surface area contributed by atoms with E-state index in [1.165, 1.54) is 4.31 Å². The van der Waals surface area contributed by atoms with Crippen LogP contribution in [-0.4, -0.2) is 47.5 Å². The fourth-order valence-electron chi connectivity index (χ4n) is 3.76. The Balaban J connectivity index is 1.61. The zero-order chi connectivity index (χ0) is 21.0. The van der Waals surface area contributed by atoms with E-state index in [1.54, 1.807) is 24.3 Å². The highest BCUT2D eigenvalue weighted by atomic mass is 32.2. The number of rotatable bonds is 7. The molecule has 158 valence electrons. The molecule has 0 spiro atoms. The van der Waals surface area contributed by atoms with Crippen LogP contribution >= 0.6 is 0 Å². The SMILES string of the molecule is Cc1ccc(S(=O)(=O)N2CCCCC2C(=O)NCCCn2nc(C)cc2C)cc1. The van der Waals surface area contributed by atoms with Gasteiger partial charge < -0.3 is 5.32 Å². The fourth-order valence-corrected chi connectivity index (χ4v) is 5.42. The first kappa shape index (κ1) is 21.5. The Labute approximate surface area is 173 Å². The summed E-state index contributed by atoms with van der Waals surface area (Å²) in [5.74, 6) is -0.214. The number of nitrogens with one attached hydrogen (secondary N) is 1. The zero-order valence-corrected chi connectivity index (χ0v) is 18.2. The van der Waals surface area contributed by atoms with Crippen molar-refractivity contribution < 1.29 is 13.2 Å². The van der Waals surface area contributed by atoms with Gasteiger partial charge in [0.05, 0.1) is 10.6 Å². The number of piperidine rings is 1. The number of hydrogen-bond acceptors (Lipinski definition) is 4. The van der Waals surface area contributed by atoms with Crippen molar-refractivity contribution in [3.8, 4) is 0 Å². The maximum Gasteiger partial charge on any atom is 0.243 e. The lowest BCUT2D eigenvalue weighted by Gasteiger charge is -2.33. The maximum absolute atomic E-state index is 13.1. The van der Waals surface area contributed by atoms with Crippen LogP contribution in [0.4, 0.5) is 0 Å². The van der Waals surface area contributed by atoms with Crippen LogP contribution in [0.1, 0.15) is 42.6 Å². The Bertz CT molecular complexity index is 951. The monoisotopic (exact) mass is 418 g/mol. The molecule has 0 bridgehead atoms. The molecule has 3 rings (SSSR count). The number of amides is 1. The van der Waals surface area contributed by atoms with E-state index >= 15 is 0 Å². The summed E-state index contributed by atoms with van der Waals surface area (Å²) < 4.78 is 29.5. The number of carbonyl (C=O) groups is 1. The van der Waals surface area contributed by atoms with Crippen LogP contribution in [0, 0.1) is 20.8 Å². The van der Waals surface area contributed by atoms with Crippen molar-refractivity contribution in [2.24, 2.45) is 0 Å². The van der Waals surface area contributed by atoms with E-state index in [9.17, 15) is 13.2 Å². The standard InChI is InChI=1S/C21H30N4O3S/c1-16-8-10-19(11-9-16)29(27,28)25-14-5-4-7-20(25)21(26)22-12-6-13-24-18(3)15-17(2)23-24/h8-11,15,20H,4-7,12-14H2,1-3H3,(H,22,26). The quantitative estimate of drug-likeness (QED) is 0.701. The molecule has 1 aromatic carbocycles. The van der Waals surface area contributed by atoms with E-state index < -0.39 is 16.1 Å². The lowest BCUT2D eigenvalue weighted by molar-refractivity contribution is -0.125. The normalized spacial score (nSPS) is 18.0. The molecular weight excluding hydrogens is 388 g/mol. The largest absolute Gasteiger partial charge is 0.355 e. The fraction of sp³-hybridized carbons (Fsp3) is 0.524. The second-order valence-corrected chi connectivity index (χ2v) is 9.63. The van der Waals surface area contributed by atoms with Gasteiger partial charge in [-0.25, -0.2) is 8.42 Å². The maximum atomic E-state index is 13.1. The molecule has 1 aliphatic heterocycles. The average molecular weight is 419 g/mol. The molecule has 0 aliphatic carbocycles. The molecule has 1 N–H and O–H groups in total. The molecule has 2 heterocycles. The first-order valence-corrected chi connectivity index (χ1v) is 11.6. The Morgan fingerprint density at radius 2 is 1.90 bits per heavy atom. The number of nitrogens with zero attached hydrogens (tertiary/aromatic N) is 3. The second kappa shape index (κ2) is 9.09. The lowest BCUT2D eigenvalue weighted by Crippen LogP contribution is -2.51. The molecule has 2 aromatic rings. The van der Waals surface area contributed by atoms with Crippen LogP contribution in [0.2, 0.25) is 0 Å². The average Bonchev–Trinajstić information content (AvgIpc) is 3.02. The summed E-state index contributed by atoms with van der Waals surface area (Å²) in [7, 11) is -3.69. The highest BCUT2D eigenvalue weighted by Crippen LogP contribution is 2.25. The molecular formula is C21H30N4O3S. The summed E-state index contributed by atoms with van der Waals surface area (Å²) in [6, 6.07) is 8.17. The molecule has 1 aromatic heterocycles. The Morgan fingerprint density at radius 1 is 1.17 bits per heavy atom. The number of sulfonamides is 1. The van der Waals surface area contributed by atoms with Gasteiger partial charge in [0.2, 0.25) is 15.9 Å². The summed E-state index contributed by atoms with van der Waals surface area (Å²) in [4.78, 5) is 13.0. The van der Waals surface area contributed by atoms with E-state index in [4.69, 9.17) is 0 Å². The highest BCUT2D eigenvalue weighted by molar-refractivity contribution is 7.89. The van der Waals surface area contributed by atoms with Crippen LogP contribution in [0.3, 0.4) is 0 Å². The molecule has 1 aliphatic rings. The van der Waals surface area contributed by atoms with Crippen LogP contribution in [0.5, 0.6) is 0 Å². The van der Waals surface area contributed by atoms with Gasteiger partial charge in [0.15, 0.2) is 0 Å². The highest BCUT2D eigenvalue weighted by Gasteiger charge is 2.37. The molecule has 7 nitrogen and oxygen atoms in total. The molecule has 1 unspecified atom stereocenters. The summed E-state index contributed by atoms with van der Waals surface area (Å²) in [5.41, 5.74) is 3.07. The molecule has 1 saturated heterocycles. The van der Waals surface area contributed by atoms with E-state index in [0.717, 1.165) is 42.8 Å². The van der Waals surface area contributed by atoms with Crippen molar-refractivity contribution in [3.63, 3.8) is 0 Å². The summed E-state index contributed by atoms with van der Waals surface area (Å²) in [5, 5.41) is 7.34. The van der Waals surface area contributed by atoms with Crippen molar-refractivity contribution in [2.75, 3.05) is 13.1 Å². The molecule has 29 heavy (non-hydrogen) atoms. The lowest BCUT2D eigenvalue weighted by atomic mass is 10.0. The predicted octanol–water partition coefficient (Wildman–Crippen LogP) is 2.56. The van der Waals surface area contributed by atoms with Gasteiger partial charge in [0.25, 0.3) is 0 Å². The number of aryl methyl sites for hydroxylation is 4. The van der Waals surface area contributed by atoms with Crippen molar-refractivity contribution in [1.82, 2.24) is 19.4 Å². The molecule has 0 saturated carbocycles. The predicted molar refractivity (Wildman–Crippen MR) is 112 cm³/mol. The van der Waals surface area contributed by atoms with Gasteiger partial charge >= 0.3 is 0 Å². The van der Waals surface area contributed by atoms with Crippen LogP contribution in [0.15, 0.2) is 35.2 Å². The smallest absolute Gasteiger partial charge is 0.243 e. The van der Waals surface area contributed by atoms with Crippen molar-refractivity contribution >= 4 is 15.9 Å². The first-order chi connectivity index (χ1) is 13.8. The van der Waals surface area contributed by atoms with Crippen molar-refractivity contribution in [3.05, 3.63) is 47.3 Å². The van der Waals surface area contributed by atoms with Gasteiger partial charge in [-0.1, -0.05) is 24.1 Å². The minimum atomic E-state index is -3.69. The van der Waals surface area contributed by atoms with E-state index in [-0.39, 0.29) is 10.8 Å². The van der Waals surface area contributed by atoms with Crippen LogP contribution < -0.4 is 5.32 Å². The van der Waals surface area contributed by atoms with E-state index in [0.29, 0.717) is 19.5 Å². The third-order valence-corrected chi connectivity index (χ3v) is 7.26. The molecule has 0 radical (unpaired) electrons. The number of benzene rings is 1. The van der Waals surface area contributed by atoms with Gasteiger partial charge in [-0.3, -0.25) is 9.48 Å². The Kier molecular flexibility index (Phi) is 6.74. The van der Waals surface area contributed by atoms with Crippen LogP contribution in [-0.2, 0) is 21.4 Å². The van der Waals surface area contributed by atoms with Crippen molar-refractivity contribution in [1.29, 1.82) is 0 Å². The second-order valence-electron chi connectivity index (χ2n) is 7.74. The van der Waals surface area contributed by atoms with Crippen molar-refractivity contribution in [2.45, 2.75) is 63.9 Å². The van der Waals surface area contributed by atoms with Gasteiger partial charge in [-0.2, -0.15) is 9.40 Å². The molecule has 8 heteroatoms. The minimum Gasteiger partial charge on any atom is -0.355 e. The topological polar surface area (TPSA) is 84.3 Å². The first-order valence-electron chi connectivity index (χ1n) is 10.2. The third-order valence-electron chi connectivity index (χ3n) is 5.33. The molecule has 1 atom stereocenters. The van der Waals surface area contributed by atoms with Gasteiger partial charge in [0.1, 0.15) is 6.04 Å². The summed E-state index contributed by atoms with van der Waals surface area (Å²) >= 11 is 0. The number of aromatic nitrogens is 2. The van der Waals surface area contributed by atoms with Gasteiger partial charge in [-0.15, -0.1) is 0 Å². The van der Waals surface area contributed by atoms with E-state index in [1.807, 2.05) is 31.5 Å².